The molecular formula is C30H40N6O7S. The summed E-state index contributed by atoms with van der Waals surface area (Å²) in [7, 11) is -4.21. The number of amides is 1. The van der Waals surface area contributed by atoms with Crippen molar-refractivity contribution < 1.29 is 32.7 Å². The second-order valence-electron chi connectivity index (χ2n) is 10.5. The fourth-order valence-electron chi connectivity index (χ4n) is 4.60. The normalized spacial score (nSPS) is 13.8. The number of nitrogens with one attached hydrogen (secondary N) is 3. The molecular weight excluding hydrogens is 588 g/mol. The van der Waals surface area contributed by atoms with Crippen molar-refractivity contribution in [2.24, 2.45) is 16.5 Å². The number of aliphatic imine (C=N–C) groups is 1. The lowest BCUT2D eigenvalue weighted by Crippen LogP contribution is -2.56. The molecule has 0 fully saturated rings. The van der Waals surface area contributed by atoms with Crippen LogP contribution in [0.5, 0.6) is 0 Å². The van der Waals surface area contributed by atoms with E-state index in [1.54, 1.807) is 55.5 Å². The summed E-state index contributed by atoms with van der Waals surface area (Å²) in [5, 5.41) is 19.8. The molecule has 0 aliphatic heterocycles. The average Bonchev–Trinajstić information content (AvgIpc) is 2.96. The first-order chi connectivity index (χ1) is 20.7. The highest BCUT2D eigenvalue weighted by atomic mass is 32.2. The number of ketones is 1. The van der Waals surface area contributed by atoms with Crippen LogP contribution in [0.2, 0.25) is 0 Å². The number of carbonyl (C=O) groups excluding carboxylic acids is 3. The van der Waals surface area contributed by atoms with Crippen molar-refractivity contribution >= 4 is 45.6 Å². The summed E-state index contributed by atoms with van der Waals surface area (Å²) in [4.78, 5) is 53.8. The van der Waals surface area contributed by atoms with E-state index >= 15 is 0 Å². The minimum Gasteiger partial charge on any atom is -0.481 e. The Morgan fingerprint density at radius 1 is 1.05 bits per heavy atom. The summed E-state index contributed by atoms with van der Waals surface area (Å²) in [6.45, 7) is 2.01. The number of nitrogen functional groups attached to an aromatic ring is 1. The Labute approximate surface area is 257 Å². The molecule has 0 saturated carbocycles. The highest BCUT2D eigenvalue weighted by Crippen LogP contribution is 2.26. The molecule has 0 aromatic heterocycles. The van der Waals surface area contributed by atoms with Gasteiger partial charge in [-0.1, -0.05) is 48.5 Å². The molecule has 0 heterocycles. The maximum atomic E-state index is 13.9. The number of carboxylic acid groups (broad SMARTS) is 1. The van der Waals surface area contributed by atoms with Crippen molar-refractivity contribution in [1.82, 2.24) is 10.0 Å². The van der Waals surface area contributed by atoms with Crippen LogP contribution in [-0.2, 0) is 41.4 Å². The molecule has 13 nitrogen and oxygen atoms in total. The maximum absolute atomic E-state index is 13.9. The van der Waals surface area contributed by atoms with Crippen LogP contribution in [0.1, 0.15) is 62.1 Å². The molecule has 0 spiro atoms. The van der Waals surface area contributed by atoms with E-state index in [1.807, 2.05) is 0 Å². The summed E-state index contributed by atoms with van der Waals surface area (Å²) >= 11 is 0. The first kappa shape index (κ1) is 35.8. The number of aldehydes is 1. The number of carboxylic acids is 1. The molecule has 2 atom stereocenters. The Hall–Kier alpha value is -4.43. The Kier molecular flexibility index (Phi) is 13.8. The van der Waals surface area contributed by atoms with Crippen LogP contribution in [0.3, 0.4) is 0 Å². The van der Waals surface area contributed by atoms with Crippen molar-refractivity contribution in [3.63, 3.8) is 0 Å². The topological polar surface area (TPSA) is 235 Å². The molecule has 14 heteroatoms. The third-order valence-electron chi connectivity index (χ3n) is 6.72. The van der Waals surface area contributed by atoms with E-state index in [2.05, 4.69) is 15.0 Å². The second kappa shape index (κ2) is 17.0. The molecule has 2 aromatic carbocycles. The van der Waals surface area contributed by atoms with Crippen LogP contribution in [0, 0.1) is 5.41 Å². The Bertz CT molecular complexity index is 1460. The van der Waals surface area contributed by atoms with Gasteiger partial charge < -0.3 is 26.7 Å². The van der Waals surface area contributed by atoms with Crippen molar-refractivity contribution in [1.29, 1.82) is 5.41 Å². The predicted molar refractivity (Wildman–Crippen MR) is 167 cm³/mol. The molecule has 0 radical (unpaired) electrons. The smallest absolute Gasteiger partial charge is 0.303 e. The Morgan fingerprint density at radius 2 is 1.73 bits per heavy atom. The van der Waals surface area contributed by atoms with Gasteiger partial charge in [-0.05, 0) is 49.8 Å². The van der Waals surface area contributed by atoms with Crippen molar-refractivity contribution in [3.8, 4) is 0 Å². The van der Waals surface area contributed by atoms with Crippen LogP contribution < -0.4 is 21.5 Å². The zero-order chi connectivity index (χ0) is 32.8. The Morgan fingerprint density at radius 3 is 2.34 bits per heavy atom. The van der Waals surface area contributed by atoms with Gasteiger partial charge in [-0.25, -0.2) is 13.1 Å². The molecule has 0 aliphatic carbocycles. The SMILES string of the molecule is CC(N)=NCCC[C@@H](C=O)NC(=O)CCC(=O)[C@](CCC(=O)O)(Cc1cccc(C(=N)N)c1)NS(=O)(=O)Cc1ccccc1. The molecule has 8 N–H and O–H groups in total. The van der Waals surface area contributed by atoms with Crippen molar-refractivity contribution in [3.05, 3.63) is 71.3 Å². The minimum absolute atomic E-state index is 0.245. The monoisotopic (exact) mass is 628 g/mol. The van der Waals surface area contributed by atoms with Gasteiger partial charge in [0.05, 0.1) is 23.2 Å². The lowest BCUT2D eigenvalue weighted by Gasteiger charge is -2.33. The summed E-state index contributed by atoms with van der Waals surface area (Å²) in [5.41, 5.74) is 10.4. The highest BCUT2D eigenvalue weighted by molar-refractivity contribution is 7.88. The van der Waals surface area contributed by atoms with Gasteiger partial charge in [-0.2, -0.15) is 0 Å². The summed E-state index contributed by atoms with van der Waals surface area (Å²) in [5.74, 6) is -2.87. The first-order valence-electron chi connectivity index (χ1n) is 14.0. The minimum atomic E-state index is -4.21. The van der Waals surface area contributed by atoms with Crippen molar-refractivity contribution in [2.75, 3.05) is 6.54 Å². The van der Waals surface area contributed by atoms with E-state index in [4.69, 9.17) is 16.9 Å². The predicted octanol–water partition coefficient (Wildman–Crippen LogP) is 1.43. The van der Waals surface area contributed by atoms with Gasteiger partial charge >= 0.3 is 5.97 Å². The van der Waals surface area contributed by atoms with Gasteiger partial charge in [0.2, 0.25) is 15.9 Å². The van der Waals surface area contributed by atoms with E-state index in [1.165, 1.54) is 6.07 Å². The van der Waals surface area contributed by atoms with E-state index in [-0.39, 0.29) is 18.7 Å². The van der Waals surface area contributed by atoms with Crippen molar-refractivity contribution in [2.45, 2.75) is 69.2 Å². The van der Waals surface area contributed by atoms with Crippen LogP contribution in [-0.4, -0.2) is 67.3 Å². The second-order valence-corrected chi connectivity index (χ2v) is 12.2. The van der Waals surface area contributed by atoms with Gasteiger partial charge in [0.1, 0.15) is 12.1 Å². The van der Waals surface area contributed by atoms with Crippen LogP contribution in [0.4, 0.5) is 0 Å². The molecule has 0 bridgehead atoms. The number of nitrogens with two attached hydrogens (primary N) is 2. The molecule has 238 valence electrons. The van der Waals surface area contributed by atoms with E-state index < -0.39 is 64.3 Å². The number of nitrogens with zero attached hydrogens (tertiary/aromatic N) is 1. The molecule has 1 amide bonds. The summed E-state index contributed by atoms with van der Waals surface area (Å²) in [6.07, 6.45) is -0.648. The number of benzene rings is 2. The Balaban J connectivity index is 2.36. The summed E-state index contributed by atoms with van der Waals surface area (Å²) in [6, 6.07) is 13.7. The molecule has 0 saturated heterocycles. The molecule has 44 heavy (non-hydrogen) atoms. The fourth-order valence-corrected chi connectivity index (χ4v) is 6.19. The maximum Gasteiger partial charge on any atom is 0.303 e. The standard InChI is InChI=1S/C30H40N6O7S/c1-21(31)34-16-6-11-25(19-37)35-27(39)13-12-26(38)30(15-14-28(40)41,18-23-9-5-10-24(17-23)29(32)33)36-44(42,43)20-22-7-3-2-4-8-22/h2-5,7-10,17,19,25,36H,6,11-16,18,20H2,1H3,(H2,31,34)(H3,32,33)(H,35,39)(H,40,41)/t25-,30-/m0/s1. The fraction of sp³-hybridized carbons (Fsp3) is 0.400. The number of Topliss-reactive ketones (excluding diaryl/α,β-unsaturated/α-hetero) is 1. The van der Waals surface area contributed by atoms with Crippen LogP contribution >= 0.6 is 0 Å². The van der Waals surface area contributed by atoms with Crippen LogP contribution in [0.15, 0.2) is 59.6 Å². The number of rotatable bonds is 20. The molecule has 0 aliphatic rings. The van der Waals surface area contributed by atoms with Gasteiger partial charge in [0.15, 0.2) is 5.78 Å². The number of aliphatic carboxylic acids is 1. The average molecular weight is 629 g/mol. The number of carbonyl (C=O) groups is 4. The largest absolute Gasteiger partial charge is 0.481 e. The van der Waals surface area contributed by atoms with Crippen LogP contribution in [0.25, 0.3) is 0 Å². The number of hydrogen-bond donors (Lipinski definition) is 6. The van der Waals surface area contributed by atoms with E-state index in [9.17, 15) is 32.7 Å². The quantitative estimate of drug-likeness (QED) is 0.0537. The first-order valence-corrected chi connectivity index (χ1v) is 15.7. The zero-order valence-corrected chi connectivity index (χ0v) is 25.4. The van der Waals surface area contributed by atoms with Gasteiger partial charge in [-0.3, -0.25) is 24.8 Å². The van der Waals surface area contributed by atoms with Gasteiger partial charge in [0.25, 0.3) is 0 Å². The van der Waals surface area contributed by atoms with Gasteiger partial charge in [-0.15, -0.1) is 0 Å². The van der Waals surface area contributed by atoms with E-state index in [0.717, 1.165) is 0 Å². The lowest BCUT2D eigenvalue weighted by molar-refractivity contribution is -0.138. The molecule has 2 rings (SSSR count). The number of hydrogen-bond acceptors (Lipinski definition) is 8. The zero-order valence-electron chi connectivity index (χ0n) is 24.6. The lowest BCUT2D eigenvalue weighted by atomic mass is 9.81. The third-order valence-corrected chi connectivity index (χ3v) is 8.13. The number of amidine groups is 2. The van der Waals surface area contributed by atoms with Gasteiger partial charge in [0, 0.05) is 31.4 Å². The number of sulfonamides is 1. The molecule has 0 unspecified atom stereocenters. The molecule has 2 aromatic rings. The highest BCUT2D eigenvalue weighted by Gasteiger charge is 2.42. The van der Waals surface area contributed by atoms with E-state index in [0.29, 0.717) is 48.2 Å². The third kappa shape index (κ3) is 12.4. The summed E-state index contributed by atoms with van der Waals surface area (Å²) < 4.78 is 29.3.